The number of para-hydroxylation sites is 1. The van der Waals surface area contributed by atoms with E-state index < -0.39 is 9.92 Å². The van der Waals surface area contributed by atoms with E-state index in [0.717, 1.165) is 28.1 Å². The highest BCUT2D eigenvalue weighted by atomic mass is 32.2. The minimum Gasteiger partial charge on any atom is -0.292 e. The van der Waals surface area contributed by atoms with Crippen molar-refractivity contribution in [3.63, 3.8) is 0 Å². The van der Waals surface area contributed by atoms with Gasteiger partial charge in [-0.2, -0.15) is 10.2 Å². The summed E-state index contributed by atoms with van der Waals surface area (Å²) in [5, 5.41) is 25.3. The van der Waals surface area contributed by atoms with Crippen LogP contribution >= 0.6 is 11.8 Å². The minimum atomic E-state index is -1.10. The van der Waals surface area contributed by atoms with Crippen molar-refractivity contribution < 1.29 is 9.72 Å². The van der Waals surface area contributed by atoms with E-state index in [-0.39, 0.29) is 11.5 Å². The first-order chi connectivity index (χ1) is 18.5. The van der Waals surface area contributed by atoms with Crippen LogP contribution in [0, 0.1) is 10.1 Å². The molecular weight excluding hydrogens is 498 g/mol. The van der Waals surface area contributed by atoms with Gasteiger partial charge >= 0.3 is 0 Å². The number of nitro groups is 1. The van der Waals surface area contributed by atoms with E-state index in [1.165, 1.54) is 30.8 Å². The molecule has 0 fully saturated rings. The Morgan fingerprint density at radius 3 is 2.03 bits per heavy atom. The molecule has 0 saturated heterocycles. The van der Waals surface area contributed by atoms with Crippen molar-refractivity contribution in [1.29, 1.82) is 0 Å². The SMILES string of the molecule is CC(=O)C1=NN(c2ccc([N+](=O)[O-])cc2)[C@@]2(S1)c1ccccc1C(c1ccccc1)=NN2c1ccccc1. The van der Waals surface area contributed by atoms with E-state index in [0.29, 0.717) is 10.7 Å². The molecule has 0 aromatic heterocycles. The smallest absolute Gasteiger partial charge is 0.269 e. The van der Waals surface area contributed by atoms with Crippen LogP contribution in [-0.2, 0) is 9.79 Å². The third-order valence-corrected chi connectivity index (χ3v) is 7.80. The Balaban J connectivity index is 1.64. The normalized spacial score (nSPS) is 18.1. The Labute approximate surface area is 223 Å². The van der Waals surface area contributed by atoms with Gasteiger partial charge in [-0.05, 0) is 36.0 Å². The van der Waals surface area contributed by atoms with Gasteiger partial charge in [0.15, 0.2) is 10.8 Å². The van der Waals surface area contributed by atoms with E-state index in [2.05, 4.69) is 0 Å². The molecule has 0 unspecified atom stereocenters. The Morgan fingerprint density at radius 1 is 0.789 bits per heavy atom. The fraction of sp³-hybridized carbons (Fsp3) is 0.0690. The Morgan fingerprint density at radius 2 is 1.37 bits per heavy atom. The number of non-ortho nitro benzene ring substituents is 1. The van der Waals surface area contributed by atoms with Crippen molar-refractivity contribution >= 4 is 45.4 Å². The zero-order valence-corrected chi connectivity index (χ0v) is 21.1. The number of hydrogen-bond acceptors (Lipinski definition) is 8. The number of carbonyl (C=O) groups excluding carboxylic acids is 1. The molecule has 186 valence electrons. The van der Waals surface area contributed by atoms with Crippen molar-refractivity contribution in [3.8, 4) is 0 Å². The summed E-state index contributed by atoms with van der Waals surface area (Å²) in [4.78, 5) is 22.5. The summed E-state index contributed by atoms with van der Waals surface area (Å²) in [6.07, 6.45) is 0. The molecule has 38 heavy (non-hydrogen) atoms. The predicted octanol–water partition coefficient (Wildman–Crippen LogP) is 6.13. The first-order valence-electron chi connectivity index (χ1n) is 11.9. The Bertz CT molecular complexity index is 1610. The van der Waals surface area contributed by atoms with Gasteiger partial charge in [-0.25, -0.2) is 10.0 Å². The summed E-state index contributed by atoms with van der Waals surface area (Å²) in [7, 11) is 0. The van der Waals surface area contributed by atoms with Gasteiger partial charge in [0.25, 0.3) is 5.69 Å². The molecule has 2 aliphatic heterocycles. The first-order valence-corrected chi connectivity index (χ1v) is 12.7. The highest BCUT2D eigenvalue weighted by Crippen LogP contribution is 2.55. The molecule has 0 amide bonds. The monoisotopic (exact) mass is 519 g/mol. The van der Waals surface area contributed by atoms with Crippen LogP contribution in [0.15, 0.2) is 119 Å². The Hall–Kier alpha value is -4.76. The second-order valence-electron chi connectivity index (χ2n) is 8.76. The van der Waals surface area contributed by atoms with Gasteiger partial charge in [-0.3, -0.25) is 14.9 Å². The number of anilines is 2. The van der Waals surface area contributed by atoms with E-state index >= 15 is 0 Å². The van der Waals surface area contributed by atoms with Crippen molar-refractivity contribution in [2.45, 2.75) is 11.9 Å². The van der Waals surface area contributed by atoms with Crippen LogP contribution in [0.2, 0.25) is 0 Å². The van der Waals surface area contributed by atoms with Crippen molar-refractivity contribution in [2.75, 3.05) is 10.0 Å². The number of carbonyl (C=O) groups is 1. The van der Waals surface area contributed by atoms with E-state index in [9.17, 15) is 14.9 Å². The Kier molecular flexibility index (Phi) is 5.77. The van der Waals surface area contributed by atoms with Gasteiger partial charge in [0.05, 0.1) is 22.0 Å². The number of nitro benzene ring substituents is 1. The van der Waals surface area contributed by atoms with Crippen LogP contribution in [0.3, 0.4) is 0 Å². The zero-order valence-electron chi connectivity index (χ0n) is 20.3. The summed E-state index contributed by atoms with van der Waals surface area (Å²) < 4.78 is 0. The molecule has 1 spiro atoms. The number of hydrogen-bond donors (Lipinski definition) is 0. The molecule has 9 heteroatoms. The molecule has 2 heterocycles. The maximum atomic E-state index is 12.7. The molecule has 2 aliphatic rings. The molecule has 0 saturated carbocycles. The number of thioether (sulfide) groups is 1. The number of benzene rings is 4. The van der Waals surface area contributed by atoms with E-state index in [4.69, 9.17) is 10.2 Å². The highest BCUT2D eigenvalue weighted by molar-refractivity contribution is 8.17. The molecule has 0 radical (unpaired) electrons. The van der Waals surface area contributed by atoms with Gasteiger partial charge in [0.2, 0.25) is 4.99 Å². The van der Waals surface area contributed by atoms with Crippen LogP contribution in [0.4, 0.5) is 17.1 Å². The fourth-order valence-corrected chi connectivity index (χ4v) is 5.96. The van der Waals surface area contributed by atoms with Crippen LogP contribution in [-0.4, -0.2) is 21.5 Å². The lowest BCUT2D eigenvalue weighted by Gasteiger charge is -2.47. The lowest BCUT2D eigenvalue weighted by molar-refractivity contribution is -0.384. The van der Waals surface area contributed by atoms with Crippen LogP contribution in [0.5, 0.6) is 0 Å². The van der Waals surface area contributed by atoms with Gasteiger partial charge in [0, 0.05) is 35.7 Å². The second kappa shape index (κ2) is 9.28. The lowest BCUT2D eigenvalue weighted by atomic mass is 9.93. The summed E-state index contributed by atoms with van der Waals surface area (Å²) in [6.45, 7) is 1.49. The summed E-state index contributed by atoms with van der Waals surface area (Å²) in [5.74, 6) is -0.179. The number of ketones is 1. The number of nitrogens with zero attached hydrogens (tertiary/aromatic N) is 5. The topological polar surface area (TPSA) is 91.4 Å². The van der Waals surface area contributed by atoms with Crippen molar-refractivity contribution in [3.05, 3.63) is 136 Å². The first kappa shape index (κ1) is 23.6. The standard InChI is InChI=1S/C29H21N5O3S/c1-20(35)28-31-33(23-16-18-24(19-17-23)34(36)37)29(38-28)26-15-9-8-14-25(26)27(21-10-4-2-5-11-21)30-32(29)22-12-6-3-7-13-22/h2-19H,1H3/t29-/m1/s1. The number of rotatable bonds is 5. The molecule has 0 bridgehead atoms. The van der Waals surface area contributed by atoms with Gasteiger partial charge in [0.1, 0.15) is 0 Å². The average Bonchev–Trinajstić information content (AvgIpc) is 3.36. The second-order valence-corrected chi connectivity index (χ2v) is 9.92. The third kappa shape index (κ3) is 3.75. The summed E-state index contributed by atoms with van der Waals surface area (Å²) in [6, 6.07) is 33.8. The van der Waals surface area contributed by atoms with Crippen LogP contribution < -0.4 is 10.0 Å². The number of fused-ring (bicyclic) bond motifs is 2. The summed E-state index contributed by atoms with van der Waals surface area (Å²) >= 11 is 1.31. The molecule has 4 aromatic carbocycles. The van der Waals surface area contributed by atoms with Crippen LogP contribution in [0.25, 0.3) is 0 Å². The quantitative estimate of drug-likeness (QED) is 0.233. The number of Topliss-reactive ketones (excluding diaryl/α,β-unsaturated/α-hetero) is 1. The number of hydrazone groups is 2. The molecule has 6 rings (SSSR count). The predicted molar refractivity (Wildman–Crippen MR) is 150 cm³/mol. The molecule has 8 nitrogen and oxygen atoms in total. The molecule has 0 N–H and O–H groups in total. The van der Waals surface area contributed by atoms with Gasteiger partial charge in [-0.1, -0.05) is 72.8 Å². The summed E-state index contributed by atoms with van der Waals surface area (Å²) in [5.41, 5.74) is 4.90. The van der Waals surface area contributed by atoms with E-state index in [1.54, 1.807) is 17.1 Å². The molecule has 1 atom stereocenters. The zero-order chi connectivity index (χ0) is 26.3. The molecular formula is C29H21N5O3S. The molecule has 4 aromatic rings. The van der Waals surface area contributed by atoms with Crippen LogP contribution in [0.1, 0.15) is 23.6 Å². The highest BCUT2D eigenvalue weighted by Gasteiger charge is 2.55. The maximum Gasteiger partial charge on any atom is 0.269 e. The minimum absolute atomic E-state index is 0.0289. The fourth-order valence-electron chi connectivity index (χ4n) is 4.67. The van der Waals surface area contributed by atoms with Crippen molar-refractivity contribution in [1.82, 2.24) is 0 Å². The van der Waals surface area contributed by atoms with Gasteiger partial charge in [-0.15, -0.1) is 0 Å². The third-order valence-electron chi connectivity index (χ3n) is 6.39. The lowest BCUT2D eigenvalue weighted by Crippen LogP contribution is -2.54. The largest absolute Gasteiger partial charge is 0.292 e. The van der Waals surface area contributed by atoms with Crippen molar-refractivity contribution in [2.24, 2.45) is 10.2 Å². The van der Waals surface area contributed by atoms with E-state index in [1.807, 2.05) is 89.9 Å². The maximum absolute atomic E-state index is 12.7. The molecule has 0 aliphatic carbocycles. The van der Waals surface area contributed by atoms with Gasteiger partial charge < -0.3 is 0 Å². The average molecular weight is 520 g/mol.